The Labute approximate surface area is 165 Å². The summed E-state index contributed by atoms with van der Waals surface area (Å²) in [6, 6.07) is 7.52. The highest BCUT2D eigenvalue weighted by Crippen LogP contribution is 2.23. The van der Waals surface area contributed by atoms with Crippen LogP contribution in [0.5, 0.6) is 0 Å². The molecule has 1 amide bonds. The van der Waals surface area contributed by atoms with Gasteiger partial charge in [-0.3, -0.25) is 4.79 Å². The van der Waals surface area contributed by atoms with Crippen LogP contribution in [0, 0.1) is 5.92 Å². The van der Waals surface area contributed by atoms with Crippen molar-refractivity contribution in [1.82, 2.24) is 25.4 Å². The average molecular weight is 398 g/mol. The number of hydrogen-bond acceptors (Lipinski definition) is 4. The molecule has 1 aromatic carbocycles. The number of piperidine rings is 1. The number of amides is 1. The van der Waals surface area contributed by atoms with Crippen LogP contribution in [0.2, 0.25) is 5.02 Å². The monoisotopic (exact) mass is 397 g/mol. The SMILES string of the molecule is CC(C)c1nc(C(=O)NC2CNCCC2C)nn1-c1ccccc1Cl.Cl. The second-order valence-corrected chi connectivity index (χ2v) is 7.27. The van der Waals surface area contributed by atoms with Crippen LogP contribution in [-0.4, -0.2) is 39.8 Å². The molecule has 1 saturated heterocycles. The third kappa shape index (κ3) is 4.37. The van der Waals surface area contributed by atoms with Crippen LogP contribution in [0.1, 0.15) is 49.6 Å². The highest BCUT2D eigenvalue weighted by Gasteiger charge is 2.26. The molecule has 1 aliphatic rings. The molecule has 2 heterocycles. The van der Waals surface area contributed by atoms with E-state index < -0.39 is 0 Å². The molecule has 3 rings (SSSR count). The highest BCUT2D eigenvalue weighted by molar-refractivity contribution is 6.32. The number of para-hydroxylation sites is 1. The normalized spacial score (nSPS) is 19.9. The number of rotatable bonds is 4. The number of benzene rings is 1. The van der Waals surface area contributed by atoms with E-state index in [2.05, 4.69) is 27.6 Å². The molecule has 0 spiro atoms. The average Bonchev–Trinajstić information content (AvgIpc) is 3.03. The van der Waals surface area contributed by atoms with Crippen LogP contribution in [0.4, 0.5) is 0 Å². The molecule has 6 nitrogen and oxygen atoms in total. The molecule has 142 valence electrons. The van der Waals surface area contributed by atoms with Crippen molar-refractivity contribution in [2.75, 3.05) is 13.1 Å². The minimum Gasteiger partial charge on any atom is -0.345 e. The maximum absolute atomic E-state index is 12.7. The summed E-state index contributed by atoms with van der Waals surface area (Å²) in [5.41, 5.74) is 0.729. The largest absolute Gasteiger partial charge is 0.345 e. The zero-order valence-corrected chi connectivity index (χ0v) is 16.8. The molecule has 8 heteroatoms. The predicted octanol–water partition coefficient (Wildman–Crippen LogP) is 3.19. The smallest absolute Gasteiger partial charge is 0.291 e. The van der Waals surface area contributed by atoms with Crippen LogP contribution >= 0.6 is 24.0 Å². The summed E-state index contributed by atoms with van der Waals surface area (Å²) < 4.78 is 1.67. The van der Waals surface area contributed by atoms with Crippen molar-refractivity contribution in [3.63, 3.8) is 0 Å². The fourth-order valence-electron chi connectivity index (χ4n) is 3.01. The Morgan fingerprint density at radius 1 is 1.38 bits per heavy atom. The second-order valence-electron chi connectivity index (χ2n) is 6.86. The topological polar surface area (TPSA) is 71.8 Å². The Hall–Kier alpha value is -1.63. The summed E-state index contributed by atoms with van der Waals surface area (Å²) in [6.45, 7) is 7.96. The molecule has 0 aliphatic carbocycles. The van der Waals surface area contributed by atoms with Crippen LogP contribution in [0.3, 0.4) is 0 Å². The van der Waals surface area contributed by atoms with Gasteiger partial charge in [0.15, 0.2) is 0 Å². The number of nitrogens with zero attached hydrogens (tertiary/aromatic N) is 3. The fraction of sp³-hybridized carbons (Fsp3) is 0.500. The number of hydrogen-bond donors (Lipinski definition) is 2. The van der Waals surface area contributed by atoms with Gasteiger partial charge in [-0.05, 0) is 31.0 Å². The molecule has 2 unspecified atom stereocenters. The van der Waals surface area contributed by atoms with Crippen LogP contribution in [-0.2, 0) is 0 Å². The second kappa shape index (κ2) is 8.84. The first kappa shape index (κ1) is 20.7. The third-order valence-corrected chi connectivity index (χ3v) is 4.90. The van der Waals surface area contributed by atoms with Crippen molar-refractivity contribution in [2.45, 2.75) is 39.2 Å². The van der Waals surface area contributed by atoms with E-state index in [-0.39, 0.29) is 36.1 Å². The predicted molar refractivity (Wildman–Crippen MR) is 106 cm³/mol. The van der Waals surface area contributed by atoms with Crippen molar-refractivity contribution in [3.05, 3.63) is 40.9 Å². The van der Waals surface area contributed by atoms with E-state index >= 15 is 0 Å². The summed E-state index contributed by atoms with van der Waals surface area (Å²) in [5.74, 6) is 1.20. The Balaban J connectivity index is 0.00000243. The van der Waals surface area contributed by atoms with Gasteiger partial charge in [-0.1, -0.05) is 44.5 Å². The van der Waals surface area contributed by atoms with Gasteiger partial charge in [-0.25, -0.2) is 9.67 Å². The van der Waals surface area contributed by atoms with E-state index in [9.17, 15) is 4.79 Å². The minimum absolute atomic E-state index is 0. The third-order valence-electron chi connectivity index (χ3n) is 4.58. The lowest BCUT2D eigenvalue weighted by atomic mass is 9.95. The molecule has 0 radical (unpaired) electrons. The Morgan fingerprint density at radius 3 is 2.77 bits per heavy atom. The first-order valence-electron chi connectivity index (χ1n) is 8.70. The number of carbonyl (C=O) groups excluding carboxylic acids is 1. The minimum atomic E-state index is -0.242. The quantitative estimate of drug-likeness (QED) is 0.830. The van der Waals surface area contributed by atoms with Crippen molar-refractivity contribution >= 4 is 29.9 Å². The van der Waals surface area contributed by atoms with Gasteiger partial charge in [0.2, 0.25) is 5.82 Å². The zero-order valence-electron chi connectivity index (χ0n) is 15.2. The van der Waals surface area contributed by atoms with Gasteiger partial charge in [0.1, 0.15) is 5.82 Å². The van der Waals surface area contributed by atoms with Crippen LogP contribution < -0.4 is 10.6 Å². The summed E-state index contributed by atoms with van der Waals surface area (Å²) in [7, 11) is 0. The lowest BCUT2D eigenvalue weighted by Crippen LogP contribution is -2.50. The summed E-state index contributed by atoms with van der Waals surface area (Å²) >= 11 is 6.30. The Bertz CT molecular complexity index is 762. The Morgan fingerprint density at radius 2 is 2.12 bits per heavy atom. The summed E-state index contributed by atoms with van der Waals surface area (Å²) in [6.07, 6.45) is 1.05. The molecule has 2 aromatic rings. The molecule has 1 fully saturated rings. The van der Waals surface area contributed by atoms with Gasteiger partial charge < -0.3 is 10.6 Å². The van der Waals surface area contributed by atoms with Crippen molar-refractivity contribution in [1.29, 1.82) is 0 Å². The highest BCUT2D eigenvalue weighted by atomic mass is 35.5. The van der Waals surface area contributed by atoms with Crippen molar-refractivity contribution < 1.29 is 4.79 Å². The number of nitrogens with one attached hydrogen (secondary N) is 2. The van der Waals surface area contributed by atoms with E-state index in [1.54, 1.807) is 10.7 Å². The summed E-state index contributed by atoms with van der Waals surface area (Å²) in [5, 5.41) is 11.4. The lowest BCUT2D eigenvalue weighted by molar-refractivity contribution is 0.0904. The van der Waals surface area contributed by atoms with Crippen molar-refractivity contribution in [2.24, 2.45) is 5.92 Å². The molecule has 1 aliphatic heterocycles. The Kier molecular flexibility index (Phi) is 7.03. The van der Waals surface area contributed by atoms with E-state index in [4.69, 9.17) is 11.6 Å². The van der Waals surface area contributed by atoms with E-state index in [0.717, 1.165) is 25.2 Å². The zero-order chi connectivity index (χ0) is 18.0. The van der Waals surface area contributed by atoms with Gasteiger partial charge >= 0.3 is 0 Å². The van der Waals surface area contributed by atoms with Gasteiger partial charge in [-0.2, -0.15) is 0 Å². The first-order valence-corrected chi connectivity index (χ1v) is 9.08. The summed E-state index contributed by atoms with van der Waals surface area (Å²) in [4.78, 5) is 17.1. The van der Waals surface area contributed by atoms with Gasteiger partial charge in [0.05, 0.1) is 10.7 Å². The number of carbonyl (C=O) groups is 1. The van der Waals surface area contributed by atoms with Gasteiger partial charge in [-0.15, -0.1) is 17.5 Å². The molecule has 1 aromatic heterocycles. The van der Waals surface area contributed by atoms with Crippen LogP contribution in [0.25, 0.3) is 5.69 Å². The van der Waals surface area contributed by atoms with Gasteiger partial charge in [0, 0.05) is 18.5 Å². The molecule has 0 saturated carbocycles. The lowest BCUT2D eigenvalue weighted by Gasteiger charge is -2.29. The maximum Gasteiger partial charge on any atom is 0.291 e. The van der Waals surface area contributed by atoms with Crippen molar-refractivity contribution in [3.8, 4) is 5.69 Å². The molecule has 0 bridgehead atoms. The standard InChI is InChI=1S/C18H24ClN5O.ClH/c1-11(2)17-22-16(18(25)21-14-10-20-9-8-12(14)3)23-24(17)15-7-5-4-6-13(15)19;/h4-7,11-12,14,20H,8-10H2,1-3H3,(H,21,25);1H. The maximum atomic E-state index is 12.7. The molecule has 2 N–H and O–H groups in total. The fourth-order valence-corrected chi connectivity index (χ4v) is 3.23. The first-order chi connectivity index (χ1) is 12.0. The van der Waals surface area contributed by atoms with E-state index in [1.807, 2.05) is 32.0 Å². The van der Waals surface area contributed by atoms with Gasteiger partial charge in [0.25, 0.3) is 5.91 Å². The molecule has 2 atom stereocenters. The molecule has 26 heavy (non-hydrogen) atoms. The van der Waals surface area contributed by atoms with E-state index in [1.165, 1.54) is 0 Å². The van der Waals surface area contributed by atoms with Crippen LogP contribution in [0.15, 0.2) is 24.3 Å². The molecular formula is C18H25Cl2N5O. The molecular weight excluding hydrogens is 373 g/mol. The number of halogens is 2. The number of aromatic nitrogens is 3. The van der Waals surface area contributed by atoms with E-state index in [0.29, 0.717) is 16.8 Å².